The predicted molar refractivity (Wildman–Crippen MR) is 128 cm³/mol. The lowest BCUT2D eigenvalue weighted by molar-refractivity contribution is -0.114. The van der Waals surface area contributed by atoms with Gasteiger partial charge in [0, 0.05) is 18.2 Å². The van der Waals surface area contributed by atoms with Gasteiger partial charge in [-0.05, 0) is 55.5 Å². The number of thioether (sulfide) groups is 1. The number of Topliss-reactive ketones (excluding diaryl/α,β-unsaturated/α-hetero) is 1. The van der Waals surface area contributed by atoms with Crippen molar-refractivity contribution >= 4 is 40.0 Å². The van der Waals surface area contributed by atoms with Gasteiger partial charge in [0.25, 0.3) is 5.56 Å². The van der Waals surface area contributed by atoms with Crippen LogP contribution in [0.2, 0.25) is 0 Å². The molecule has 3 aromatic carbocycles. The molecule has 1 N–H and O–H groups in total. The minimum absolute atomic E-state index is 0.0951. The van der Waals surface area contributed by atoms with Crippen molar-refractivity contribution in [3.8, 4) is 5.69 Å². The highest BCUT2D eigenvalue weighted by Gasteiger charge is 2.15. The van der Waals surface area contributed by atoms with E-state index in [9.17, 15) is 14.4 Å². The van der Waals surface area contributed by atoms with E-state index in [1.54, 1.807) is 41.0 Å². The maximum Gasteiger partial charge on any atom is 0.266 e. The number of rotatable bonds is 6. The first-order valence-corrected chi connectivity index (χ1v) is 11.0. The summed E-state index contributed by atoms with van der Waals surface area (Å²) in [6, 6.07) is 21.6. The molecule has 0 fully saturated rings. The molecule has 4 rings (SSSR count). The molecule has 0 saturated carbocycles. The number of carbonyl (C=O) groups excluding carboxylic acids is 2. The van der Waals surface area contributed by atoms with Crippen molar-refractivity contribution in [2.45, 2.75) is 19.0 Å². The zero-order valence-electron chi connectivity index (χ0n) is 17.7. The molecule has 7 heteroatoms. The van der Waals surface area contributed by atoms with Crippen LogP contribution in [0.1, 0.15) is 22.8 Å². The second kappa shape index (κ2) is 9.20. The number of ketones is 1. The molecule has 4 aromatic rings. The van der Waals surface area contributed by atoms with E-state index in [1.165, 1.54) is 18.7 Å². The van der Waals surface area contributed by atoms with Gasteiger partial charge in [-0.3, -0.25) is 19.0 Å². The Balaban J connectivity index is 1.65. The van der Waals surface area contributed by atoms with Gasteiger partial charge in [0.05, 0.1) is 22.3 Å². The van der Waals surface area contributed by atoms with Gasteiger partial charge in [-0.2, -0.15) is 0 Å². The Bertz CT molecular complexity index is 1360. The van der Waals surface area contributed by atoms with Crippen LogP contribution in [0.3, 0.4) is 0 Å². The number of para-hydroxylation sites is 1. The first-order chi connectivity index (χ1) is 15.4. The van der Waals surface area contributed by atoms with E-state index in [-0.39, 0.29) is 23.0 Å². The summed E-state index contributed by atoms with van der Waals surface area (Å²) in [7, 11) is 0. The maximum atomic E-state index is 13.3. The summed E-state index contributed by atoms with van der Waals surface area (Å²) in [5, 5.41) is 3.66. The Morgan fingerprint density at radius 3 is 2.34 bits per heavy atom. The summed E-state index contributed by atoms with van der Waals surface area (Å²) in [6.45, 7) is 3.41. The number of fused-ring (bicyclic) bond motifs is 1. The molecule has 0 saturated heterocycles. The third kappa shape index (κ3) is 4.63. The first kappa shape index (κ1) is 21.5. The lowest BCUT2D eigenvalue weighted by Crippen LogP contribution is -2.22. The third-order valence-corrected chi connectivity index (χ3v) is 5.84. The number of aromatic nitrogens is 2. The Morgan fingerprint density at radius 1 is 0.969 bits per heavy atom. The van der Waals surface area contributed by atoms with Gasteiger partial charge < -0.3 is 5.32 Å². The standard InChI is InChI=1S/C25H21N3O3S/c1-16-7-13-20(14-8-16)28-24(31)21-5-3-4-6-22(21)27-25(28)32-15-23(30)18-9-11-19(12-10-18)26-17(2)29/h3-14H,15H2,1-2H3,(H,26,29). The quantitative estimate of drug-likeness (QED) is 0.267. The third-order valence-electron chi connectivity index (χ3n) is 4.90. The molecule has 0 aliphatic heterocycles. The Labute approximate surface area is 189 Å². The topological polar surface area (TPSA) is 81.1 Å². The van der Waals surface area contributed by atoms with Crippen molar-refractivity contribution < 1.29 is 9.59 Å². The molecule has 6 nitrogen and oxygen atoms in total. The van der Waals surface area contributed by atoms with Crippen molar-refractivity contribution in [2.24, 2.45) is 0 Å². The molecule has 0 radical (unpaired) electrons. The van der Waals surface area contributed by atoms with Crippen LogP contribution in [-0.2, 0) is 4.79 Å². The highest BCUT2D eigenvalue weighted by atomic mass is 32.2. The monoisotopic (exact) mass is 443 g/mol. The minimum Gasteiger partial charge on any atom is -0.326 e. The predicted octanol–water partition coefficient (Wildman–Crippen LogP) is 4.63. The molecule has 0 atom stereocenters. The summed E-state index contributed by atoms with van der Waals surface area (Å²) in [5.41, 5.74) is 3.36. The summed E-state index contributed by atoms with van der Waals surface area (Å²) in [4.78, 5) is 41.9. The molecule has 1 amide bonds. The van der Waals surface area contributed by atoms with Crippen LogP contribution in [0, 0.1) is 6.92 Å². The summed E-state index contributed by atoms with van der Waals surface area (Å²) >= 11 is 1.23. The van der Waals surface area contributed by atoms with Crippen molar-refractivity contribution in [1.82, 2.24) is 9.55 Å². The van der Waals surface area contributed by atoms with Crippen LogP contribution in [-0.4, -0.2) is 27.0 Å². The molecule has 32 heavy (non-hydrogen) atoms. The minimum atomic E-state index is -0.172. The van der Waals surface area contributed by atoms with Gasteiger partial charge in [0.2, 0.25) is 5.91 Å². The number of nitrogens with zero attached hydrogens (tertiary/aromatic N) is 2. The Kier molecular flexibility index (Phi) is 6.18. The molecule has 160 valence electrons. The van der Waals surface area contributed by atoms with E-state index < -0.39 is 0 Å². The summed E-state index contributed by atoms with van der Waals surface area (Å²) < 4.78 is 1.56. The second-order valence-corrected chi connectivity index (χ2v) is 8.30. The van der Waals surface area contributed by atoms with Crippen LogP contribution in [0.25, 0.3) is 16.6 Å². The number of nitrogens with one attached hydrogen (secondary N) is 1. The molecule has 0 bridgehead atoms. The number of anilines is 1. The number of carbonyl (C=O) groups is 2. The van der Waals surface area contributed by atoms with E-state index in [0.717, 1.165) is 5.56 Å². The van der Waals surface area contributed by atoms with Crippen LogP contribution >= 0.6 is 11.8 Å². The molecule has 0 aliphatic rings. The van der Waals surface area contributed by atoms with E-state index in [1.807, 2.05) is 43.3 Å². The number of benzene rings is 3. The average Bonchev–Trinajstić information content (AvgIpc) is 2.78. The van der Waals surface area contributed by atoms with Crippen LogP contribution in [0.5, 0.6) is 0 Å². The summed E-state index contributed by atoms with van der Waals surface area (Å²) in [6.07, 6.45) is 0. The van der Waals surface area contributed by atoms with E-state index in [0.29, 0.717) is 33.0 Å². The lowest BCUT2D eigenvalue weighted by Gasteiger charge is -2.13. The normalized spacial score (nSPS) is 10.8. The van der Waals surface area contributed by atoms with Gasteiger partial charge in [-0.15, -0.1) is 0 Å². The molecule has 1 aromatic heterocycles. The Morgan fingerprint density at radius 2 is 1.66 bits per heavy atom. The van der Waals surface area contributed by atoms with E-state index in [2.05, 4.69) is 10.3 Å². The van der Waals surface area contributed by atoms with Crippen LogP contribution in [0.15, 0.2) is 82.7 Å². The maximum absolute atomic E-state index is 13.3. The molecule has 0 aliphatic carbocycles. The molecular weight excluding hydrogens is 422 g/mol. The number of amides is 1. The molecule has 0 unspecified atom stereocenters. The highest BCUT2D eigenvalue weighted by molar-refractivity contribution is 7.99. The Hall–Kier alpha value is -3.71. The van der Waals surface area contributed by atoms with Gasteiger partial charge in [0.15, 0.2) is 10.9 Å². The van der Waals surface area contributed by atoms with Crippen molar-refractivity contribution in [3.05, 3.63) is 94.3 Å². The van der Waals surface area contributed by atoms with Gasteiger partial charge >= 0.3 is 0 Å². The average molecular weight is 444 g/mol. The second-order valence-electron chi connectivity index (χ2n) is 7.36. The number of aryl methyl sites for hydroxylation is 1. The SMILES string of the molecule is CC(=O)Nc1ccc(C(=O)CSc2nc3ccccc3c(=O)n2-c2ccc(C)cc2)cc1. The molecule has 1 heterocycles. The first-order valence-electron chi connectivity index (χ1n) is 10.0. The van der Waals surface area contributed by atoms with Crippen molar-refractivity contribution in [3.63, 3.8) is 0 Å². The van der Waals surface area contributed by atoms with E-state index in [4.69, 9.17) is 0 Å². The smallest absolute Gasteiger partial charge is 0.266 e. The van der Waals surface area contributed by atoms with Gasteiger partial charge in [-0.1, -0.05) is 41.6 Å². The van der Waals surface area contributed by atoms with Crippen LogP contribution in [0.4, 0.5) is 5.69 Å². The van der Waals surface area contributed by atoms with Gasteiger partial charge in [0.1, 0.15) is 0 Å². The zero-order chi connectivity index (χ0) is 22.7. The lowest BCUT2D eigenvalue weighted by atomic mass is 10.1. The van der Waals surface area contributed by atoms with Crippen LogP contribution < -0.4 is 10.9 Å². The van der Waals surface area contributed by atoms with Gasteiger partial charge in [-0.25, -0.2) is 4.98 Å². The van der Waals surface area contributed by atoms with Crippen molar-refractivity contribution in [1.29, 1.82) is 0 Å². The number of hydrogen-bond donors (Lipinski definition) is 1. The van der Waals surface area contributed by atoms with Crippen molar-refractivity contribution in [2.75, 3.05) is 11.1 Å². The van der Waals surface area contributed by atoms with E-state index >= 15 is 0 Å². The fourth-order valence-corrected chi connectivity index (χ4v) is 4.19. The summed E-state index contributed by atoms with van der Waals surface area (Å²) in [5.74, 6) is -0.144. The largest absolute Gasteiger partial charge is 0.326 e. The molecule has 0 spiro atoms. The zero-order valence-corrected chi connectivity index (χ0v) is 18.5. The fraction of sp³-hybridized carbons (Fsp3) is 0.120. The number of hydrogen-bond acceptors (Lipinski definition) is 5. The fourth-order valence-electron chi connectivity index (χ4n) is 3.29. The molecular formula is C25H21N3O3S. The highest BCUT2D eigenvalue weighted by Crippen LogP contribution is 2.23.